The van der Waals surface area contributed by atoms with Gasteiger partial charge in [-0.1, -0.05) is 53.4 Å². The van der Waals surface area contributed by atoms with Crippen LogP contribution < -0.4 is 20.4 Å². The zero-order valence-corrected chi connectivity index (χ0v) is 17.7. The van der Waals surface area contributed by atoms with E-state index in [1.807, 2.05) is 0 Å². The van der Waals surface area contributed by atoms with E-state index in [4.69, 9.17) is 0 Å². The van der Waals surface area contributed by atoms with Gasteiger partial charge in [0, 0.05) is 44.0 Å². The Morgan fingerprint density at radius 2 is 0.600 bits per heavy atom. The van der Waals surface area contributed by atoms with Crippen molar-refractivity contribution in [3.05, 3.63) is 0 Å². The van der Waals surface area contributed by atoms with Crippen LogP contribution in [0.4, 0.5) is 0 Å². The van der Waals surface area contributed by atoms with Gasteiger partial charge in [-0.15, -0.1) is 0 Å². The van der Waals surface area contributed by atoms with E-state index in [1.54, 1.807) is 27.7 Å². The molecule has 0 aliphatic carbocycles. The van der Waals surface area contributed by atoms with Gasteiger partial charge in [0.1, 0.15) is 0 Å². The predicted octanol–water partition coefficient (Wildman–Crippen LogP) is -1.86. The van der Waals surface area contributed by atoms with Gasteiger partial charge < -0.3 is 39.6 Å². The maximum atomic E-state index is 9.49. The smallest absolute Gasteiger partial charge is 0.0414 e. The van der Waals surface area contributed by atoms with E-state index in [2.05, 4.69) is 0 Å². The quantitative estimate of drug-likeness (QED) is 0.346. The van der Waals surface area contributed by atoms with Gasteiger partial charge >= 0.3 is 0 Å². The molecule has 9 heteroatoms. The molecule has 153 valence electrons. The summed E-state index contributed by atoms with van der Waals surface area (Å²) < 4.78 is 0. The monoisotopic (exact) mass is 541 g/mol. The largest absolute Gasteiger partial charge is 0.550 e. The zero-order chi connectivity index (χ0) is 20.0. The minimum absolute atomic E-state index is 0. The molecule has 0 saturated carbocycles. The van der Waals surface area contributed by atoms with E-state index in [0.717, 1.165) is 0 Å². The molecule has 0 fully saturated rings. The van der Waals surface area contributed by atoms with Gasteiger partial charge in [0.05, 0.1) is 0 Å². The van der Waals surface area contributed by atoms with Crippen molar-refractivity contribution in [3.63, 3.8) is 0 Å². The normalized spacial score (nSPS) is 7.84. The Morgan fingerprint density at radius 1 is 0.480 bits per heavy atom. The molecule has 0 bridgehead atoms. The summed E-state index contributed by atoms with van der Waals surface area (Å²) >= 11 is 0. The second kappa shape index (κ2) is 30.4. The van der Waals surface area contributed by atoms with Crippen LogP contribution in [0.2, 0.25) is 0 Å². The summed E-state index contributed by atoms with van der Waals surface area (Å²) in [6.45, 7) is 7.21. The molecule has 0 saturated heterocycles. The Hall–Kier alpha value is -1.47. The van der Waals surface area contributed by atoms with E-state index in [9.17, 15) is 39.6 Å². The number of hydrogen-bond acceptors (Lipinski definition) is 8. The second-order valence-electron chi connectivity index (χ2n) is 4.49. The number of carbonyl (C=O) groups is 4. The van der Waals surface area contributed by atoms with Crippen LogP contribution in [-0.2, 0) is 39.3 Å². The van der Waals surface area contributed by atoms with Crippen molar-refractivity contribution in [1.82, 2.24) is 0 Å². The van der Waals surface area contributed by atoms with Crippen LogP contribution in [0.5, 0.6) is 0 Å². The van der Waals surface area contributed by atoms with Gasteiger partial charge in [-0.3, -0.25) is 0 Å². The molecule has 0 atom stereocenters. The molecule has 0 aromatic rings. The Bertz CT molecular complexity index is 268. The molecule has 0 N–H and O–H groups in total. The molecular weight excluding hydrogens is 512 g/mol. The third-order valence-electron chi connectivity index (χ3n) is 1.82. The first-order valence-corrected chi connectivity index (χ1v) is 7.88. The molecule has 0 unspecified atom stereocenters. The fourth-order valence-electron chi connectivity index (χ4n) is 0.816. The first-order chi connectivity index (χ1) is 11.1. The molecular formula is C16H28IrO8-4. The van der Waals surface area contributed by atoms with Crippen LogP contribution in [0.25, 0.3) is 0 Å². The Kier molecular flexibility index (Phi) is 42.3. The fraction of sp³-hybridized carbons (Fsp3) is 0.750. The maximum absolute atomic E-state index is 9.49. The number of rotatable bonds is 8. The summed E-state index contributed by atoms with van der Waals surface area (Å²) in [7, 11) is 0. The first kappa shape index (κ1) is 34.8. The minimum atomic E-state index is -0.961. The average molecular weight is 541 g/mol. The maximum Gasteiger partial charge on any atom is 0.0414 e. The van der Waals surface area contributed by atoms with Crippen molar-refractivity contribution in [2.75, 3.05) is 0 Å². The van der Waals surface area contributed by atoms with E-state index < -0.39 is 23.9 Å². The van der Waals surface area contributed by atoms with Gasteiger partial charge in [0.15, 0.2) is 0 Å². The SMILES string of the molecule is CCCC(=O)[O-].CCCC(=O)[O-].CCCC(=O)[O-].CCCC(=O)[O-].[Ir]. The Labute approximate surface area is 163 Å². The van der Waals surface area contributed by atoms with Crippen LogP contribution in [0, 0.1) is 0 Å². The van der Waals surface area contributed by atoms with Crippen LogP contribution in [0.15, 0.2) is 0 Å². The predicted molar refractivity (Wildman–Crippen MR) is 79.7 cm³/mol. The topological polar surface area (TPSA) is 161 Å². The van der Waals surface area contributed by atoms with E-state index in [1.165, 1.54) is 0 Å². The molecule has 0 amide bonds. The summed E-state index contributed by atoms with van der Waals surface area (Å²) in [5.74, 6) is -3.84. The molecule has 0 aliphatic rings. The molecule has 1 radical (unpaired) electrons. The van der Waals surface area contributed by atoms with Crippen molar-refractivity contribution in [2.24, 2.45) is 0 Å². The summed E-state index contributed by atoms with van der Waals surface area (Å²) in [4.78, 5) is 38.0. The van der Waals surface area contributed by atoms with Gasteiger partial charge in [0.25, 0.3) is 0 Å². The molecule has 0 rings (SSSR count). The van der Waals surface area contributed by atoms with Crippen molar-refractivity contribution in [2.45, 2.75) is 79.1 Å². The van der Waals surface area contributed by atoms with E-state index in [-0.39, 0.29) is 45.8 Å². The Morgan fingerprint density at radius 3 is 0.600 bits per heavy atom. The summed E-state index contributed by atoms with van der Waals surface area (Å²) in [5, 5.41) is 38.0. The molecule has 25 heavy (non-hydrogen) atoms. The third kappa shape index (κ3) is 85.6. The molecule has 0 aromatic carbocycles. The van der Waals surface area contributed by atoms with Crippen molar-refractivity contribution >= 4 is 23.9 Å². The molecule has 8 nitrogen and oxygen atoms in total. The number of carbonyl (C=O) groups excluding carboxylic acids is 4. The van der Waals surface area contributed by atoms with Crippen LogP contribution in [0.1, 0.15) is 79.1 Å². The van der Waals surface area contributed by atoms with Gasteiger partial charge in [-0.25, -0.2) is 0 Å². The number of carboxylic acid groups (broad SMARTS) is 4. The van der Waals surface area contributed by atoms with Gasteiger partial charge in [-0.2, -0.15) is 0 Å². The van der Waals surface area contributed by atoms with E-state index in [0.29, 0.717) is 25.7 Å². The van der Waals surface area contributed by atoms with Crippen molar-refractivity contribution in [1.29, 1.82) is 0 Å². The van der Waals surface area contributed by atoms with Crippen LogP contribution in [0.3, 0.4) is 0 Å². The summed E-state index contributed by atoms with van der Waals surface area (Å²) in [6, 6.07) is 0. The third-order valence-corrected chi connectivity index (χ3v) is 1.82. The van der Waals surface area contributed by atoms with Gasteiger partial charge in [-0.05, 0) is 25.7 Å². The first-order valence-electron chi connectivity index (χ1n) is 7.88. The number of hydrogen-bond donors (Lipinski definition) is 0. The van der Waals surface area contributed by atoms with Crippen LogP contribution in [-0.4, -0.2) is 23.9 Å². The summed E-state index contributed by atoms with van der Waals surface area (Å²) in [5.41, 5.74) is 0. The average Bonchev–Trinajstić information content (AvgIpc) is 2.39. The molecule has 0 heterocycles. The Balaban J connectivity index is -0.0000000702. The zero-order valence-electron chi connectivity index (χ0n) is 15.3. The van der Waals surface area contributed by atoms with Gasteiger partial charge in [0.2, 0.25) is 0 Å². The molecule has 0 spiro atoms. The minimum Gasteiger partial charge on any atom is -0.550 e. The summed E-state index contributed by atoms with van der Waals surface area (Å²) in [6.07, 6.45) is 3.40. The molecule has 0 aromatic heterocycles. The van der Waals surface area contributed by atoms with Crippen LogP contribution >= 0.6 is 0 Å². The molecule has 0 aliphatic heterocycles. The fourth-order valence-corrected chi connectivity index (χ4v) is 0.816. The number of aliphatic carboxylic acids is 4. The van der Waals surface area contributed by atoms with Crippen molar-refractivity contribution < 1.29 is 59.7 Å². The standard InChI is InChI=1S/4C4H8O2.Ir/c4*1-2-3-4(5)6;/h4*2-3H2,1H3,(H,5,6);/p-4. The second-order valence-corrected chi connectivity index (χ2v) is 4.49. The number of carboxylic acids is 4. The van der Waals surface area contributed by atoms with Crippen molar-refractivity contribution in [3.8, 4) is 0 Å². The van der Waals surface area contributed by atoms with E-state index >= 15 is 0 Å².